The Hall–Kier alpha value is -2.62. The van der Waals surface area contributed by atoms with Crippen LogP contribution < -0.4 is 5.32 Å². The molecule has 0 atom stereocenters. The molecule has 4 nitrogen and oxygen atoms in total. The Bertz CT molecular complexity index is 706. The second-order valence-electron chi connectivity index (χ2n) is 6.34. The molecule has 3 rings (SSSR count). The summed E-state index contributed by atoms with van der Waals surface area (Å²) >= 11 is 0. The van der Waals surface area contributed by atoms with Crippen LogP contribution in [0.15, 0.2) is 54.6 Å². The minimum atomic E-state index is -0.00702. The molecule has 1 aliphatic rings. The molecule has 0 bridgehead atoms. The topological polar surface area (TPSA) is 49.4 Å². The number of hydrogen-bond donors (Lipinski definition) is 1. The maximum atomic E-state index is 12.5. The number of nitrogens with zero attached hydrogens (tertiary/aromatic N) is 1. The Balaban J connectivity index is 1.55. The molecule has 0 unspecified atom stereocenters. The average Bonchev–Trinajstić information content (AvgIpc) is 3.45. The van der Waals surface area contributed by atoms with Gasteiger partial charge in [-0.25, -0.2) is 0 Å². The lowest BCUT2D eigenvalue weighted by Gasteiger charge is -2.17. The SMILES string of the molecule is CN(Cc1ccccc1)C(=O)c1ccc(CNC(=O)C2CC2)cc1. The van der Waals surface area contributed by atoms with E-state index in [0.29, 0.717) is 18.7 Å². The van der Waals surface area contributed by atoms with E-state index in [9.17, 15) is 9.59 Å². The van der Waals surface area contributed by atoms with Crippen LogP contribution in [0.4, 0.5) is 0 Å². The van der Waals surface area contributed by atoms with E-state index >= 15 is 0 Å². The molecule has 2 aromatic carbocycles. The first-order valence-electron chi connectivity index (χ1n) is 8.29. The van der Waals surface area contributed by atoms with Crippen LogP contribution in [0.1, 0.15) is 34.3 Å². The average molecular weight is 322 g/mol. The third-order valence-electron chi connectivity index (χ3n) is 4.23. The van der Waals surface area contributed by atoms with Crippen LogP contribution in [0.25, 0.3) is 0 Å². The maximum absolute atomic E-state index is 12.5. The van der Waals surface area contributed by atoms with Gasteiger partial charge in [-0.3, -0.25) is 9.59 Å². The third kappa shape index (κ3) is 4.22. The first kappa shape index (κ1) is 16.2. The quantitative estimate of drug-likeness (QED) is 0.889. The van der Waals surface area contributed by atoms with Crippen LogP contribution >= 0.6 is 0 Å². The molecule has 1 fully saturated rings. The van der Waals surface area contributed by atoms with Crippen molar-refractivity contribution < 1.29 is 9.59 Å². The summed E-state index contributed by atoms with van der Waals surface area (Å²) in [6.07, 6.45) is 2.01. The molecule has 2 amide bonds. The fourth-order valence-electron chi connectivity index (χ4n) is 2.59. The number of hydrogen-bond acceptors (Lipinski definition) is 2. The van der Waals surface area contributed by atoms with E-state index in [1.165, 1.54) is 0 Å². The third-order valence-corrected chi connectivity index (χ3v) is 4.23. The van der Waals surface area contributed by atoms with Crippen molar-refractivity contribution in [3.05, 3.63) is 71.3 Å². The standard InChI is InChI=1S/C20H22N2O2/c1-22(14-16-5-3-2-4-6-16)20(24)18-9-7-15(8-10-18)13-21-19(23)17-11-12-17/h2-10,17H,11-14H2,1H3,(H,21,23). The van der Waals surface area contributed by atoms with Crippen LogP contribution in [-0.4, -0.2) is 23.8 Å². The van der Waals surface area contributed by atoms with Crippen molar-refractivity contribution in [2.45, 2.75) is 25.9 Å². The number of carbonyl (C=O) groups is 2. The zero-order valence-corrected chi connectivity index (χ0v) is 13.9. The van der Waals surface area contributed by atoms with E-state index in [1.807, 2.05) is 54.6 Å². The van der Waals surface area contributed by atoms with Crippen molar-refractivity contribution in [3.8, 4) is 0 Å². The van der Waals surface area contributed by atoms with Gasteiger partial charge >= 0.3 is 0 Å². The summed E-state index contributed by atoms with van der Waals surface area (Å²) in [6.45, 7) is 1.10. The molecule has 1 saturated carbocycles. The lowest BCUT2D eigenvalue weighted by Crippen LogP contribution is -2.26. The molecule has 0 saturated heterocycles. The van der Waals surface area contributed by atoms with Gasteiger partial charge in [-0.15, -0.1) is 0 Å². The molecule has 124 valence electrons. The number of amides is 2. The maximum Gasteiger partial charge on any atom is 0.253 e. The van der Waals surface area contributed by atoms with Crippen molar-refractivity contribution in [1.82, 2.24) is 10.2 Å². The van der Waals surface area contributed by atoms with Gasteiger partial charge in [0, 0.05) is 31.6 Å². The number of rotatable bonds is 6. The lowest BCUT2D eigenvalue weighted by atomic mass is 10.1. The smallest absolute Gasteiger partial charge is 0.253 e. The molecular weight excluding hydrogens is 300 g/mol. The number of carbonyl (C=O) groups excluding carboxylic acids is 2. The largest absolute Gasteiger partial charge is 0.352 e. The highest BCUT2D eigenvalue weighted by Gasteiger charge is 2.29. The molecule has 2 aromatic rings. The van der Waals surface area contributed by atoms with Crippen molar-refractivity contribution in [2.75, 3.05) is 7.05 Å². The molecule has 0 radical (unpaired) electrons. The summed E-state index contributed by atoms with van der Waals surface area (Å²) in [6, 6.07) is 17.4. The Morgan fingerprint density at radius 3 is 2.29 bits per heavy atom. The first-order valence-corrected chi connectivity index (χ1v) is 8.29. The van der Waals surface area contributed by atoms with E-state index in [-0.39, 0.29) is 17.7 Å². The van der Waals surface area contributed by atoms with Crippen LogP contribution in [0, 0.1) is 5.92 Å². The minimum Gasteiger partial charge on any atom is -0.352 e. The molecule has 1 N–H and O–H groups in total. The minimum absolute atomic E-state index is 0.00702. The van der Waals surface area contributed by atoms with Gasteiger partial charge in [0.1, 0.15) is 0 Å². The summed E-state index contributed by atoms with van der Waals surface area (Å²) in [4.78, 5) is 25.8. The van der Waals surface area contributed by atoms with Crippen LogP contribution in [0.2, 0.25) is 0 Å². The Morgan fingerprint density at radius 2 is 1.67 bits per heavy atom. The molecule has 0 spiro atoms. The highest BCUT2D eigenvalue weighted by molar-refractivity contribution is 5.94. The van der Waals surface area contributed by atoms with Crippen molar-refractivity contribution in [1.29, 1.82) is 0 Å². The predicted molar refractivity (Wildman–Crippen MR) is 93.3 cm³/mol. The fraction of sp³-hybridized carbons (Fsp3) is 0.300. The molecule has 24 heavy (non-hydrogen) atoms. The Labute approximate surface area is 142 Å². The lowest BCUT2D eigenvalue weighted by molar-refractivity contribution is -0.122. The van der Waals surface area contributed by atoms with E-state index in [0.717, 1.165) is 24.0 Å². The molecule has 0 heterocycles. The normalized spacial score (nSPS) is 13.4. The Morgan fingerprint density at radius 1 is 1.00 bits per heavy atom. The Kier molecular flexibility index (Phi) is 4.94. The molecule has 4 heteroatoms. The highest BCUT2D eigenvalue weighted by Crippen LogP contribution is 2.28. The van der Waals surface area contributed by atoms with Gasteiger partial charge in [0.25, 0.3) is 5.91 Å². The number of nitrogens with one attached hydrogen (secondary N) is 1. The fourth-order valence-corrected chi connectivity index (χ4v) is 2.59. The summed E-state index contributed by atoms with van der Waals surface area (Å²) in [5.74, 6) is 0.350. The van der Waals surface area contributed by atoms with Crippen molar-refractivity contribution >= 4 is 11.8 Å². The van der Waals surface area contributed by atoms with Crippen LogP contribution in [0.3, 0.4) is 0 Å². The van der Waals surface area contributed by atoms with Gasteiger partial charge in [-0.2, -0.15) is 0 Å². The van der Waals surface area contributed by atoms with Gasteiger partial charge in [-0.1, -0.05) is 42.5 Å². The van der Waals surface area contributed by atoms with E-state index < -0.39 is 0 Å². The van der Waals surface area contributed by atoms with Crippen LogP contribution in [0.5, 0.6) is 0 Å². The van der Waals surface area contributed by atoms with E-state index in [1.54, 1.807) is 11.9 Å². The van der Waals surface area contributed by atoms with Gasteiger partial charge < -0.3 is 10.2 Å². The van der Waals surface area contributed by atoms with Crippen molar-refractivity contribution in [2.24, 2.45) is 5.92 Å². The van der Waals surface area contributed by atoms with Crippen LogP contribution in [-0.2, 0) is 17.9 Å². The zero-order chi connectivity index (χ0) is 16.9. The second kappa shape index (κ2) is 7.30. The highest BCUT2D eigenvalue weighted by atomic mass is 16.2. The summed E-state index contributed by atoms with van der Waals surface area (Å²) in [7, 11) is 1.80. The predicted octanol–water partition coefficient (Wildman–Crippen LogP) is 2.99. The summed E-state index contributed by atoms with van der Waals surface area (Å²) in [5.41, 5.74) is 2.77. The van der Waals surface area contributed by atoms with Gasteiger partial charge in [0.15, 0.2) is 0 Å². The summed E-state index contributed by atoms with van der Waals surface area (Å²) < 4.78 is 0. The molecular formula is C20H22N2O2. The van der Waals surface area contributed by atoms with Gasteiger partial charge in [0.2, 0.25) is 5.91 Å². The van der Waals surface area contributed by atoms with Crippen molar-refractivity contribution in [3.63, 3.8) is 0 Å². The second-order valence-corrected chi connectivity index (χ2v) is 6.34. The van der Waals surface area contributed by atoms with Gasteiger partial charge in [-0.05, 0) is 36.1 Å². The molecule has 1 aliphatic carbocycles. The zero-order valence-electron chi connectivity index (χ0n) is 13.9. The molecule has 0 aliphatic heterocycles. The van der Waals surface area contributed by atoms with E-state index in [4.69, 9.17) is 0 Å². The summed E-state index contributed by atoms with van der Waals surface area (Å²) in [5, 5.41) is 2.93. The number of benzene rings is 2. The van der Waals surface area contributed by atoms with E-state index in [2.05, 4.69) is 5.32 Å². The molecule has 0 aromatic heterocycles. The van der Waals surface area contributed by atoms with Gasteiger partial charge in [0.05, 0.1) is 0 Å². The monoisotopic (exact) mass is 322 g/mol. The first-order chi connectivity index (χ1) is 11.6.